The first-order valence-corrected chi connectivity index (χ1v) is 5.63. The lowest BCUT2D eigenvalue weighted by atomic mass is 10.3. The van der Waals surface area contributed by atoms with E-state index in [1.165, 1.54) is 30.3 Å². The first-order chi connectivity index (χ1) is 7.99. The SMILES string of the molecule is N#CC(C#N)=NNc1ccccc1S(=O)(=O)O. The molecule has 0 unspecified atom stereocenters. The molecule has 0 aromatic heterocycles. The molecule has 7 nitrogen and oxygen atoms in total. The summed E-state index contributed by atoms with van der Waals surface area (Å²) in [6.45, 7) is 0. The van der Waals surface area contributed by atoms with Gasteiger partial charge in [-0.15, -0.1) is 0 Å². The van der Waals surface area contributed by atoms with Gasteiger partial charge in [-0.25, -0.2) is 0 Å². The van der Waals surface area contributed by atoms with Gasteiger partial charge in [-0.1, -0.05) is 12.1 Å². The van der Waals surface area contributed by atoms with Crippen LogP contribution in [0.1, 0.15) is 0 Å². The van der Waals surface area contributed by atoms with Crippen molar-refractivity contribution in [3.63, 3.8) is 0 Å². The maximum atomic E-state index is 11.0. The van der Waals surface area contributed by atoms with Crippen molar-refractivity contribution in [1.82, 2.24) is 0 Å². The molecule has 0 spiro atoms. The molecule has 0 saturated heterocycles. The van der Waals surface area contributed by atoms with Crippen molar-refractivity contribution in [2.45, 2.75) is 4.90 Å². The standard InChI is InChI=1S/C9H6N4O3S/c10-5-7(6-11)12-13-8-3-1-2-4-9(8)17(14,15)16/h1-4,13H,(H,14,15,16). The van der Waals surface area contributed by atoms with Crippen molar-refractivity contribution in [2.24, 2.45) is 5.10 Å². The largest absolute Gasteiger partial charge is 0.296 e. The van der Waals surface area contributed by atoms with E-state index in [-0.39, 0.29) is 10.6 Å². The van der Waals surface area contributed by atoms with Crippen LogP contribution in [0.15, 0.2) is 34.3 Å². The second kappa shape index (κ2) is 5.07. The maximum Gasteiger partial charge on any atom is 0.296 e. The number of hydrogen-bond donors (Lipinski definition) is 2. The molecular weight excluding hydrogens is 244 g/mol. The van der Waals surface area contributed by atoms with Crippen molar-refractivity contribution in [2.75, 3.05) is 5.43 Å². The van der Waals surface area contributed by atoms with E-state index in [0.717, 1.165) is 6.07 Å². The first kappa shape index (κ1) is 12.6. The number of nitriles is 2. The van der Waals surface area contributed by atoms with Crippen molar-refractivity contribution < 1.29 is 13.0 Å². The van der Waals surface area contributed by atoms with Gasteiger partial charge in [0.05, 0.1) is 5.69 Å². The van der Waals surface area contributed by atoms with Crippen molar-refractivity contribution in [3.8, 4) is 12.1 Å². The van der Waals surface area contributed by atoms with Gasteiger partial charge in [0, 0.05) is 0 Å². The van der Waals surface area contributed by atoms with Gasteiger partial charge in [-0.2, -0.15) is 24.0 Å². The number of nitrogens with zero attached hydrogens (tertiary/aromatic N) is 3. The summed E-state index contributed by atoms with van der Waals surface area (Å²) in [7, 11) is -4.39. The molecule has 0 aliphatic rings. The van der Waals surface area contributed by atoms with Crippen LogP contribution in [0, 0.1) is 22.7 Å². The van der Waals surface area contributed by atoms with Crippen LogP contribution in [-0.4, -0.2) is 18.7 Å². The molecule has 0 fully saturated rings. The second-order valence-corrected chi connectivity index (χ2v) is 4.16. The topological polar surface area (TPSA) is 126 Å². The van der Waals surface area contributed by atoms with Gasteiger partial charge in [-0.05, 0) is 12.1 Å². The summed E-state index contributed by atoms with van der Waals surface area (Å²) in [5.74, 6) is 0. The van der Waals surface area contributed by atoms with E-state index in [0.29, 0.717) is 0 Å². The molecule has 86 valence electrons. The molecule has 0 radical (unpaired) electrons. The van der Waals surface area contributed by atoms with Crippen LogP contribution >= 0.6 is 0 Å². The third kappa shape index (κ3) is 3.28. The predicted molar refractivity (Wildman–Crippen MR) is 58.5 cm³/mol. The van der Waals surface area contributed by atoms with Crippen LogP contribution in [0.3, 0.4) is 0 Å². The third-order valence-electron chi connectivity index (χ3n) is 1.66. The summed E-state index contributed by atoms with van der Waals surface area (Å²) in [4.78, 5) is -0.390. The summed E-state index contributed by atoms with van der Waals surface area (Å²) in [5.41, 5.74) is 1.73. The Balaban J connectivity index is 3.15. The maximum absolute atomic E-state index is 11.0. The molecule has 0 heterocycles. The lowest BCUT2D eigenvalue weighted by Crippen LogP contribution is -2.04. The summed E-state index contributed by atoms with van der Waals surface area (Å²) in [6, 6.07) is 8.40. The molecule has 0 aliphatic carbocycles. The monoisotopic (exact) mass is 250 g/mol. The summed E-state index contributed by atoms with van der Waals surface area (Å²) < 4.78 is 30.9. The molecule has 1 aromatic carbocycles. The van der Waals surface area contributed by atoms with E-state index < -0.39 is 15.8 Å². The number of benzene rings is 1. The number of para-hydroxylation sites is 1. The third-order valence-corrected chi connectivity index (χ3v) is 2.58. The van der Waals surface area contributed by atoms with Crippen LogP contribution in [0.2, 0.25) is 0 Å². The van der Waals surface area contributed by atoms with Crippen molar-refractivity contribution >= 4 is 21.5 Å². The minimum Gasteiger partial charge on any atom is -0.282 e. The Labute approximate surface area is 97.4 Å². The minimum atomic E-state index is -4.39. The smallest absolute Gasteiger partial charge is 0.282 e. The molecule has 0 amide bonds. The summed E-state index contributed by atoms with van der Waals surface area (Å²) in [5, 5.41) is 20.2. The molecule has 0 aliphatic heterocycles. The fourth-order valence-corrected chi connectivity index (χ4v) is 1.62. The van der Waals surface area contributed by atoms with Gasteiger partial charge in [-0.3, -0.25) is 9.98 Å². The lowest BCUT2D eigenvalue weighted by Gasteiger charge is -2.04. The number of anilines is 1. The molecule has 2 N–H and O–H groups in total. The minimum absolute atomic E-state index is 0.0296. The first-order valence-electron chi connectivity index (χ1n) is 4.19. The Hall–Kier alpha value is -2.42. The number of hydrazone groups is 1. The van der Waals surface area contributed by atoms with E-state index >= 15 is 0 Å². The fraction of sp³-hybridized carbons (Fsp3) is 0. The van der Waals surface area contributed by atoms with Gasteiger partial charge in [0.1, 0.15) is 17.0 Å². The van der Waals surface area contributed by atoms with Gasteiger partial charge < -0.3 is 0 Å². The highest BCUT2D eigenvalue weighted by Crippen LogP contribution is 2.20. The van der Waals surface area contributed by atoms with E-state index in [4.69, 9.17) is 15.1 Å². The Morgan fingerprint density at radius 2 is 1.88 bits per heavy atom. The van der Waals surface area contributed by atoms with E-state index in [2.05, 4.69) is 10.5 Å². The van der Waals surface area contributed by atoms with Crippen LogP contribution in [0.5, 0.6) is 0 Å². The normalized spacial score (nSPS) is 9.82. The van der Waals surface area contributed by atoms with Crippen molar-refractivity contribution in [3.05, 3.63) is 24.3 Å². The van der Waals surface area contributed by atoms with Gasteiger partial charge in [0.25, 0.3) is 10.1 Å². The zero-order valence-electron chi connectivity index (χ0n) is 8.32. The highest BCUT2D eigenvalue weighted by atomic mass is 32.2. The summed E-state index contributed by atoms with van der Waals surface area (Å²) in [6.07, 6.45) is 0. The number of hydrogen-bond acceptors (Lipinski definition) is 6. The zero-order chi connectivity index (χ0) is 12.9. The Kier molecular flexibility index (Phi) is 3.78. The van der Waals surface area contributed by atoms with Crippen LogP contribution in [0.25, 0.3) is 0 Å². The lowest BCUT2D eigenvalue weighted by molar-refractivity contribution is 0.483. The average Bonchev–Trinajstić information content (AvgIpc) is 2.29. The van der Waals surface area contributed by atoms with Crippen LogP contribution in [-0.2, 0) is 10.1 Å². The zero-order valence-corrected chi connectivity index (χ0v) is 9.14. The molecule has 8 heteroatoms. The Morgan fingerprint density at radius 1 is 1.29 bits per heavy atom. The van der Waals surface area contributed by atoms with E-state index in [1.807, 2.05) is 0 Å². The molecule has 0 atom stereocenters. The van der Waals surface area contributed by atoms with Gasteiger partial charge in [0.15, 0.2) is 0 Å². The van der Waals surface area contributed by atoms with E-state index in [1.54, 1.807) is 0 Å². The molecule has 1 aromatic rings. The highest BCUT2D eigenvalue weighted by Gasteiger charge is 2.14. The van der Waals surface area contributed by atoms with Gasteiger partial charge in [0.2, 0.25) is 5.71 Å². The van der Waals surface area contributed by atoms with Crippen LogP contribution < -0.4 is 5.43 Å². The predicted octanol–water partition coefficient (Wildman–Crippen LogP) is 0.748. The molecular formula is C9H6N4O3S. The number of rotatable bonds is 3. The molecule has 0 saturated carbocycles. The highest BCUT2D eigenvalue weighted by molar-refractivity contribution is 7.86. The van der Waals surface area contributed by atoms with Crippen molar-refractivity contribution in [1.29, 1.82) is 10.5 Å². The molecule has 17 heavy (non-hydrogen) atoms. The molecule has 0 bridgehead atoms. The second-order valence-electron chi connectivity index (χ2n) is 2.77. The molecule has 1 rings (SSSR count). The fourth-order valence-electron chi connectivity index (χ4n) is 0.975. The Morgan fingerprint density at radius 3 is 2.41 bits per heavy atom. The van der Waals surface area contributed by atoms with Crippen LogP contribution in [0.4, 0.5) is 5.69 Å². The summed E-state index contributed by atoms with van der Waals surface area (Å²) >= 11 is 0. The quantitative estimate of drug-likeness (QED) is 0.463. The number of nitrogens with one attached hydrogen (secondary N) is 1. The Bertz CT molecular complexity index is 621. The average molecular weight is 250 g/mol. The van der Waals surface area contributed by atoms with E-state index in [9.17, 15) is 8.42 Å². The van der Waals surface area contributed by atoms with Gasteiger partial charge >= 0.3 is 0 Å².